The first-order valence-electron chi connectivity index (χ1n) is 10.8. The minimum absolute atomic E-state index is 0.0349. The van der Waals surface area contributed by atoms with Crippen molar-refractivity contribution in [3.8, 4) is 17.2 Å². The van der Waals surface area contributed by atoms with Gasteiger partial charge in [-0.1, -0.05) is 18.2 Å². The molecule has 174 valence electrons. The van der Waals surface area contributed by atoms with E-state index in [0.29, 0.717) is 39.6 Å². The lowest BCUT2D eigenvalue weighted by Crippen LogP contribution is -2.31. The number of rotatable bonds is 5. The average molecular weight is 470 g/mol. The third kappa shape index (κ3) is 3.20. The quantitative estimate of drug-likeness (QED) is 0.429. The zero-order valence-electron chi connectivity index (χ0n) is 18.4. The minimum Gasteiger partial charge on any atom is -0.503 e. The number of hydrogen-bond acceptors (Lipinski definition) is 8. The number of para-hydroxylation sites is 1. The molecule has 1 atom stereocenters. The summed E-state index contributed by atoms with van der Waals surface area (Å²) in [5, 5.41) is 11.6. The van der Waals surface area contributed by atoms with Gasteiger partial charge in [-0.3, -0.25) is 19.5 Å². The van der Waals surface area contributed by atoms with Gasteiger partial charge in [0, 0.05) is 23.3 Å². The van der Waals surface area contributed by atoms with Crippen LogP contribution in [0.25, 0.3) is 11.0 Å². The van der Waals surface area contributed by atoms with Gasteiger partial charge in [0.25, 0.3) is 5.91 Å². The Labute approximate surface area is 198 Å². The highest BCUT2D eigenvalue weighted by molar-refractivity contribution is 6.20. The van der Waals surface area contributed by atoms with E-state index in [1.165, 1.54) is 12.0 Å². The second-order valence-corrected chi connectivity index (χ2v) is 7.95. The van der Waals surface area contributed by atoms with Gasteiger partial charge < -0.3 is 23.7 Å². The van der Waals surface area contributed by atoms with E-state index in [-0.39, 0.29) is 18.1 Å². The lowest BCUT2D eigenvalue weighted by molar-refractivity contribution is -0.117. The summed E-state index contributed by atoms with van der Waals surface area (Å²) in [4.78, 5) is 32.7. The number of pyridine rings is 1. The summed E-state index contributed by atoms with van der Waals surface area (Å²) in [6, 6.07) is 15.9. The molecule has 35 heavy (non-hydrogen) atoms. The Hall–Kier alpha value is -4.79. The van der Waals surface area contributed by atoms with Crippen LogP contribution in [0.5, 0.6) is 17.2 Å². The monoisotopic (exact) mass is 470 g/mol. The molecule has 0 aliphatic carbocycles. The number of furan rings is 1. The SMILES string of the molecule is COc1cccc2cc(C(=O)C3=C(O)C(=O)N(c4ccc5c(c4)OCO5)C3c3ccccn3)oc12. The lowest BCUT2D eigenvalue weighted by Gasteiger charge is -2.26. The third-order valence-electron chi connectivity index (χ3n) is 6.01. The number of anilines is 1. The molecule has 0 saturated heterocycles. The maximum atomic E-state index is 13.7. The summed E-state index contributed by atoms with van der Waals surface area (Å²) in [5.74, 6) is -0.615. The standard InChI is InChI=1S/C26H18N2O7/c1-32-18-7-4-5-14-11-20(35-25(14)18)23(29)21-22(16-6-2-3-10-27-16)28(26(31)24(21)30)15-8-9-17-19(12-15)34-13-33-17/h2-12,22,30H,13H2,1H3. The van der Waals surface area contributed by atoms with Crippen molar-refractivity contribution in [3.63, 3.8) is 0 Å². The summed E-state index contributed by atoms with van der Waals surface area (Å²) in [7, 11) is 1.50. The van der Waals surface area contributed by atoms with Crippen molar-refractivity contribution < 1.29 is 33.3 Å². The second-order valence-electron chi connectivity index (χ2n) is 7.95. The molecule has 2 aromatic heterocycles. The van der Waals surface area contributed by atoms with E-state index in [9.17, 15) is 14.7 Å². The molecule has 4 aromatic rings. The van der Waals surface area contributed by atoms with Gasteiger partial charge in [-0.2, -0.15) is 0 Å². The number of aliphatic hydroxyl groups is 1. The highest BCUT2D eigenvalue weighted by Crippen LogP contribution is 2.44. The molecule has 0 saturated carbocycles. The predicted molar refractivity (Wildman–Crippen MR) is 124 cm³/mol. The molecule has 4 heterocycles. The van der Waals surface area contributed by atoms with Gasteiger partial charge in [-0.15, -0.1) is 0 Å². The molecule has 0 radical (unpaired) electrons. The number of aromatic nitrogens is 1. The van der Waals surface area contributed by atoms with Gasteiger partial charge in [0.05, 0.1) is 18.4 Å². The van der Waals surface area contributed by atoms with Crippen LogP contribution >= 0.6 is 0 Å². The van der Waals surface area contributed by atoms with Gasteiger partial charge in [0.1, 0.15) is 6.04 Å². The Kier molecular flexibility index (Phi) is 4.70. The number of methoxy groups -OCH3 is 1. The van der Waals surface area contributed by atoms with Crippen LogP contribution < -0.4 is 19.1 Å². The summed E-state index contributed by atoms with van der Waals surface area (Å²) >= 11 is 0. The van der Waals surface area contributed by atoms with E-state index in [2.05, 4.69) is 4.98 Å². The normalized spacial score (nSPS) is 16.9. The van der Waals surface area contributed by atoms with Crippen molar-refractivity contribution in [2.75, 3.05) is 18.8 Å². The summed E-state index contributed by atoms with van der Waals surface area (Å²) < 4.78 is 22.0. The number of ketones is 1. The van der Waals surface area contributed by atoms with E-state index in [0.717, 1.165) is 0 Å². The van der Waals surface area contributed by atoms with Crippen molar-refractivity contribution in [2.24, 2.45) is 0 Å². The van der Waals surface area contributed by atoms with E-state index in [1.807, 2.05) is 0 Å². The van der Waals surface area contributed by atoms with Crippen LogP contribution in [0.2, 0.25) is 0 Å². The molecule has 6 rings (SSSR count). The number of benzene rings is 2. The topological polar surface area (TPSA) is 111 Å². The average Bonchev–Trinajstić information content (AvgIpc) is 3.60. The molecule has 0 bridgehead atoms. The van der Waals surface area contributed by atoms with Crippen LogP contribution in [0.1, 0.15) is 22.3 Å². The molecule has 1 amide bonds. The Morgan fingerprint density at radius 1 is 1.09 bits per heavy atom. The van der Waals surface area contributed by atoms with Gasteiger partial charge in [-0.25, -0.2) is 0 Å². The number of amides is 1. The number of Topliss-reactive ketones (excluding diaryl/α,β-unsaturated/α-hetero) is 1. The summed E-state index contributed by atoms with van der Waals surface area (Å²) in [5.41, 5.74) is 1.07. The zero-order valence-corrected chi connectivity index (χ0v) is 18.4. The highest BCUT2D eigenvalue weighted by Gasteiger charge is 2.46. The number of aliphatic hydroxyl groups excluding tert-OH is 1. The molecule has 9 nitrogen and oxygen atoms in total. The maximum Gasteiger partial charge on any atom is 0.294 e. The molecule has 1 N–H and O–H groups in total. The van der Waals surface area contributed by atoms with E-state index >= 15 is 0 Å². The number of carbonyl (C=O) groups excluding carboxylic acids is 2. The zero-order chi connectivity index (χ0) is 24.1. The van der Waals surface area contributed by atoms with Crippen LogP contribution in [0.4, 0.5) is 5.69 Å². The van der Waals surface area contributed by atoms with Crippen molar-refractivity contribution in [1.29, 1.82) is 0 Å². The molecule has 2 aliphatic rings. The van der Waals surface area contributed by atoms with Gasteiger partial charge in [-0.05, 0) is 36.4 Å². The second kappa shape index (κ2) is 7.91. The Morgan fingerprint density at radius 3 is 2.74 bits per heavy atom. The van der Waals surface area contributed by atoms with Gasteiger partial charge in [0.15, 0.2) is 34.4 Å². The van der Waals surface area contributed by atoms with Gasteiger partial charge >= 0.3 is 0 Å². The fraction of sp³-hybridized carbons (Fsp3) is 0.115. The van der Waals surface area contributed by atoms with Crippen molar-refractivity contribution >= 4 is 28.3 Å². The smallest absolute Gasteiger partial charge is 0.294 e. The van der Waals surface area contributed by atoms with Gasteiger partial charge in [0.2, 0.25) is 12.6 Å². The number of ether oxygens (including phenoxy) is 3. The Morgan fingerprint density at radius 2 is 1.94 bits per heavy atom. The summed E-state index contributed by atoms with van der Waals surface area (Å²) in [6.45, 7) is 0.0686. The first kappa shape index (κ1) is 20.8. The first-order chi connectivity index (χ1) is 17.1. The molecule has 9 heteroatoms. The van der Waals surface area contributed by atoms with E-state index in [1.54, 1.807) is 66.9 Å². The van der Waals surface area contributed by atoms with Crippen molar-refractivity contribution in [1.82, 2.24) is 4.98 Å². The predicted octanol–water partition coefficient (Wildman–Crippen LogP) is 4.35. The maximum absolute atomic E-state index is 13.7. The van der Waals surface area contributed by atoms with E-state index < -0.39 is 23.5 Å². The van der Waals surface area contributed by atoms with Crippen LogP contribution in [-0.4, -0.2) is 35.7 Å². The van der Waals surface area contributed by atoms with Crippen molar-refractivity contribution in [2.45, 2.75) is 6.04 Å². The van der Waals surface area contributed by atoms with Crippen LogP contribution in [-0.2, 0) is 4.79 Å². The highest BCUT2D eigenvalue weighted by atomic mass is 16.7. The largest absolute Gasteiger partial charge is 0.503 e. The number of nitrogens with zero attached hydrogens (tertiary/aromatic N) is 2. The number of hydrogen-bond donors (Lipinski definition) is 1. The number of fused-ring (bicyclic) bond motifs is 2. The van der Waals surface area contributed by atoms with Crippen LogP contribution in [0.15, 0.2) is 82.6 Å². The Bertz CT molecular complexity index is 1520. The molecule has 2 aliphatic heterocycles. The minimum atomic E-state index is -0.994. The molecule has 2 aromatic carbocycles. The van der Waals surface area contributed by atoms with Crippen LogP contribution in [0, 0.1) is 0 Å². The van der Waals surface area contributed by atoms with E-state index in [4.69, 9.17) is 18.6 Å². The molecule has 1 unspecified atom stereocenters. The molecular weight excluding hydrogens is 452 g/mol. The number of carbonyl (C=O) groups is 2. The molecular formula is C26H18N2O7. The lowest BCUT2D eigenvalue weighted by atomic mass is 9.98. The summed E-state index contributed by atoms with van der Waals surface area (Å²) in [6.07, 6.45) is 1.56. The van der Waals surface area contributed by atoms with Crippen molar-refractivity contribution in [3.05, 3.63) is 89.6 Å². The third-order valence-corrected chi connectivity index (χ3v) is 6.01. The molecule has 0 spiro atoms. The first-order valence-corrected chi connectivity index (χ1v) is 10.8. The molecule has 0 fully saturated rings. The fourth-order valence-electron chi connectivity index (χ4n) is 4.40. The Balaban J connectivity index is 1.48. The van der Waals surface area contributed by atoms with Crippen LogP contribution in [0.3, 0.4) is 0 Å². The fourth-order valence-corrected chi connectivity index (χ4v) is 4.40.